The molecule has 0 spiro atoms. The second-order valence-corrected chi connectivity index (χ2v) is 9.07. The smallest absolute Gasteiger partial charge is 0.262 e. The van der Waals surface area contributed by atoms with Crippen LogP contribution >= 0.6 is 22.6 Å². The number of benzene rings is 2. The molecule has 140 valence electrons. The van der Waals surface area contributed by atoms with E-state index in [1.807, 2.05) is 38.1 Å². The molecule has 0 atom stereocenters. The van der Waals surface area contributed by atoms with Gasteiger partial charge in [0.15, 0.2) is 6.61 Å². The quantitative estimate of drug-likeness (QED) is 0.559. The summed E-state index contributed by atoms with van der Waals surface area (Å²) in [6.07, 6.45) is 0. The van der Waals surface area contributed by atoms with Gasteiger partial charge in [0.05, 0.1) is 4.90 Å². The van der Waals surface area contributed by atoms with E-state index in [1.165, 1.54) is 24.3 Å². The van der Waals surface area contributed by atoms with Crippen molar-refractivity contribution in [2.75, 3.05) is 18.5 Å². The van der Waals surface area contributed by atoms with Gasteiger partial charge in [-0.1, -0.05) is 13.8 Å². The molecule has 0 aliphatic rings. The number of hydrogen-bond acceptors (Lipinski definition) is 4. The Morgan fingerprint density at radius 2 is 1.69 bits per heavy atom. The lowest BCUT2D eigenvalue weighted by molar-refractivity contribution is -0.118. The maximum absolute atomic E-state index is 12.1. The van der Waals surface area contributed by atoms with E-state index >= 15 is 0 Å². The van der Waals surface area contributed by atoms with Crippen LogP contribution in [0.15, 0.2) is 53.4 Å². The Morgan fingerprint density at radius 3 is 2.27 bits per heavy atom. The Morgan fingerprint density at radius 1 is 1.08 bits per heavy atom. The van der Waals surface area contributed by atoms with Crippen LogP contribution in [-0.4, -0.2) is 27.5 Å². The highest BCUT2D eigenvalue weighted by atomic mass is 127. The monoisotopic (exact) mass is 488 g/mol. The van der Waals surface area contributed by atoms with Crippen molar-refractivity contribution < 1.29 is 17.9 Å². The van der Waals surface area contributed by atoms with Gasteiger partial charge < -0.3 is 10.1 Å². The zero-order valence-electron chi connectivity index (χ0n) is 14.5. The Hall–Kier alpha value is -1.65. The summed E-state index contributed by atoms with van der Waals surface area (Å²) in [7, 11) is -3.53. The molecular formula is C18H21IN2O4S. The zero-order valence-corrected chi connectivity index (χ0v) is 17.5. The first-order valence-electron chi connectivity index (χ1n) is 8.04. The van der Waals surface area contributed by atoms with Crippen LogP contribution < -0.4 is 14.8 Å². The average Bonchev–Trinajstić information content (AvgIpc) is 2.61. The van der Waals surface area contributed by atoms with E-state index in [0.29, 0.717) is 18.0 Å². The highest BCUT2D eigenvalue weighted by Gasteiger charge is 2.14. The topological polar surface area (TPSA) is 84.5 Å². The highest BCUT2D eigenvalue weighted by Crippen LogP contribution is 2.16. The molecule has 26 heavy (non-hydrogen) atoms. The summed E-state index contributed by atoms with van der Waals surface area (Å²) in [5.74, 6) is 0.353. The lowest BCUT2D eigenvalue weighted by Crippen LogP contribution is -2.27. The molecule has 0 aliphatic heterocycles. The second-order valence-electron chi connectivity index (χ2n) is 6.06. The van der Waals surface area contributed by atoms with Gasteiger partial charge in [0.2, 0.25) is 10.0 Å². The number of amides is 1. The predicted molar refractivity (Wildman–Crippen MR) is 110 cm³/mol. The second kappa shape index (κ2) is 9.33. The van der Waals surface area contributed by atoms with Gasteiger partial charge in [-0.05, 0) is 77.0 Å². The van der Waals surface area contributed by atoms with Crippen molar-refractivity contribution in [2.45, 2.75) is 18.7 Å². The minimum Gasteiger partial charge on any atom is -0.484 e. The minimum atomic E-state index is -3.53. The molecule has 0 saturated carbocycles. The molecule has 6 nitrogen and oxygen atoms in total. The third-order valence-electron chi connectivity index (χ3n) is 3.31. The normalized spacial score (nSPS) is 11.4. The Labute approximate surface area is 167 Å². The summed E-state index contributed by atoms with van der Waals surface area (Å²) < 4.78 is 33.3. The fourth-order valence-electron chi connectivity index (χ4n) is 1.95. The average molecular weight is 488 g/mol. The molecule has 0 aromatic heterocycles. The summed E-state index contributed by atoms with van der Waals surface area (Å²) in [5.41, 5.74) is 0.691. The van der Waals surface area contributed by atoms with Crippen molar-refractivity contribution in [1.29, 1.82) is 0 Å². The van der Waals surface area contributed by atoms with Gasteiger partial charge in [0.25, 0.3) is 5.91 Å². The summed E-state index contributed by atoms with van der Waals surface area (Å²) in [6, 6.07) is 13.4. The van der Waals surface area contributed by atoms with E-state index < -0.39 is 10.0 Å². The number of rotatable bonds is 8. The van der Waals surface area contributed by atoms with Crippen LogP contribution in [0.1, 0.15) is 13.8 Å². The number of carbonyl (C=O) groups is 1. The number of halogens is 1. The Balaban J connectivity index is 1.88. The molecule has 0 unspecified atom stereocenters. The molecule has 0 fully saturated rings. The maximum Gasteiger partial charge on any atom is 0.262 e. The van der Waals surface area contributed by atoms with Crippen LogP contribution in [0.4, 0.5) is 5.69 Å². The Bertz CT molecular complexity index is 834. The molecule has 2 aromatic carbocycles. The predicted octanol–water partition coefficient (Wildman–Crippen LogP) is 3.24. The largest absolute Gasteiger partial charge is 0.484 e. The summed E-state index contributed by atoms with van der Waals surface area (Å²) in [4.78, 5) is 12.1. The van der Waals surface area contributed by atoms with E-state index in [-0.39, 0.29) is 23.3 Å². The van der Waals surface area contributed by atoms with Crippen LogP contribution in [0.2, 0.25) is 0 Å². The highest BCUT2D eigenvalue weighted by molar-refractivity contribution is 14.1. The van der Waals surface area contributed by atoms with Crippen LogP contribution in [0.5, 0.6) is 5.75 Å². The fraction of sp³-hybridized carbons (Fsp3) is 0.278. The van der Waals surface area contributed by atoms with Gasteiger partial charge in [0, 0.05) is 15.8 Å². The summed E-state index contributed by atoms with van der Waals surface area (Å²) in [6.45, 7) is 4.07. The van der Waals surface area contributed by atoms with Crippen molar-refractivity contribution in [3.8, 4) is 5.75 Å². The summed E-state index contributed by atoms with van der Waals surface area (Å²) in [5, 5.41) is 2.73. The van der Waals surface area contributed by atoms with Crippen LogP contribution in [0.25, 0.3) is 0 Å². The molecule has 0 heterocycles. The van der Waals surface area contributed by atoms with Crippen LogP contribution in [-0.2, 0) is 14.8 Å². The number of nitrogens with one attached hydrogen (secondary N) is 2. The van der Waals surface area contributed by atoms with Gasteiger partial charge in [-0.15, -0.1) is 0 Å². The van der Waals surface area contributed by atoms with Crippen molar-refractivity contribution >= 4 is 44.2 Å². The maximum atomic E-state index is 12.1. The van der Waals surface area contributed by atoms with Crippen molar-refractivity contribution in [1.82, 2.24) is 4.72 Å². The van der Waals surface area contributed by atoms with E-state index in [4.69, 9.17) is 4.74 Å². The van der Waals surface area contributed by atoms with Crippen molar-refractivity contribution in [3.63, 3.8) is 0 Å². The van der Waals surface area contributed by atoms with E-state index in [0.717, 1.165) is 3.57 Å². The number of hydrogen-bond donors (Lipinski definition) is 2. The zero-order chi connectivity index (χ0) is 19.2. The van der Waals surface area contributed by atoms with E-state index in [2.05, 4.69) is 32.6 Å². The first-order chi connectivity index (χ1) is 12.3. The SMILES string of the molecule is CC(C)CNS(=O)(=O)c1ccc(OCC(=O)Nc2ccc(I)cc2)cc1. The molecule has 2 N–H and O–H groups in total. The molecule has 0 bridgehead atoms. The molecule has 0 saturated heterocycles. The van der Waals surface area contributed by atoms with Gasteiger partial charge in [-0.25, -0.2) is 13.1 Å². The number of sulfonamides is 1. The van der Waals surface area contributed by atoms with Gasteiger partial charge in [0.1, 0.15) is 5.75 Å². The van der Waals surface area contributed by atoms with Crippen LogP contribution in [0.3, 0.4) is 0 Å². The molecule has 0 aliphatic carbocycles. The third kappa shape index (κ3) is 6.58. The summed E-state index contributed by atoms with van der Waals surface area (Å²) >= 11 is 2.19. The van der Waals surface area contributed by atoms with Gasteiger partial charge in [-0.3, -0.25) is 4.79 Å². The number of anilines is 1. The lowest BCUT2D eigenvalue weighted by atomic mass is 10.2. The van der Waals surface area contributed by atoms with Gasteiger partial charge >= 0.3 is 0 Å². The standard InChI is InChI=1S/C18H21IN2O4S/c1-13(2)11-20-26(23,24)17-9-7-16(8-10-17)25-12-18(22)21-15-5-3-14(19)4-6-15/h3-10,13,20H,11-12H2,1-2H3,(H,21,22). The number of carbonyl (C=O) groups excluding carboxylic acids is 1. The molecule has 2 rings (SSSR count). The third-order valence-corrected chi connectivity index (χ3v) is 5.47. The molecular weight excluding hydrogens is 467 g/mol. The van der Waals surface area contributed by atoms with Crippen molar-refractivity contribution in [2.24, 2.45) is 5.92 Å². The minimum absolute atomic E-state index is 0.161. The first-order valence-corrected chi connectivity index (χ1v) is 10.6. The Kier molecular flexibility index (Phi) is 7.42. The molecule has 0 radical (unpaired) electrons. The fourth-order valence-corrected chi connectivity index (χ4v) is 3.53. The van der Waals surface area contributed by atoms with Gasteiger partial charge in [-0.2, -0.15) is 0 Å². The lowest BCUT2D eigenvalue weighted by Gasteiger charge is -2.10. The van der Waals surface area contributed by atoms with Crippen LogP contribution in [0, 0.1) is 9.49 Å². The van der Waals surface area contributed by atoms with Crippen molar-refractivity contribution in [3.05, 3.63) is 52.1 Å². The molecule has 1 amide bonds. The van der Waals surface area contributed by atoms with E-state index in [9.17, 15) is 13.2 Å². The first kappa shape index (κ1) is 20.7. The number of ether oxygens (including phenoxy) is 1. The van der Waals surface area contributed by atoms with E-state index in [1.54, 1.807) is 0 Å². The molecule has 8 heteroatoms. The molecule has 2 aromatic rings.